The predicted molar refractivity (Wildman–Crippen MR) is 88.6 cm³/mol. The Kier molecular flexibility index (Phi) is 5.71. The first-order chi connectivity index (χ1) is 10.2. The molecule has 2 rings (SSSR count). The van der Waals surface area contributed by atoms with Gasteiger partial charge in [-0.15, -0.1) is 0 Å². The number of fused-ring (bicyclic) bond motifs is 1. The summed E-state index contributed by atoms with van der Waals surface area (Å²) in [6, 6.07) is 11.0. The maximum absolute atomic E-state index is 5.71. The van der Waals surface area contributed by atoms with Gasteiger partial charge in [0.15, 0.2) is 0 Å². The zero-order chi connectivity index (χ0) is 15.2. The molecule has 0 bridgehead atoms. The van der Waals surface area contributed by atoms with Gasteiger partial charge < -0.3 is 10.1 Å². The average molecular weight is 286 g/mol. The van der Waals surface area contributed by atoms with Crippen molar-refractivity contribution in [2.24, 2.45) is 0 Å². The highest BCUT2D eigenvalue weighted by molar-refractivity contribution is 5.79. The van der Waals surface area contributed by atoms with Gasteiger partial charge in [0.1, 0.15) is 0 Å². The van der Waals surface area contributed by atoms with E-state index in [1.54, 1.807) is 7.11 Å². The number of aryl methyl sites for hydroxylation is 1. The molecule has 1 aromatic heterocycles. The molecule has 3 nitrogen and oxygen atoms in total. The number of pyridine rings is 1. The van der Waals surface area contributed by atoms with Crippen molar-refractivity contribution in [2.75, 3.05) is 13.7 Å². The normalized spacial score (nSPS) is 14.3. The number of likely N-dealkylation sites (N-methyl/N-ethyl adjacent to an activating group) is 1. The summed E-state index contributed by atoms with van der Waals surface area (Å²) in [5, 5.41) is 4.75. The molecule has 2 unspecified atom stereocenters. The molecule has 1 N–H and O–H groups in total. The van der Waals surface area contributed by atoms with Gasteiger partial charge in [0.05, 0.1) is 17.7 Å². The van der Waals surface area contributed by atoms with E-state index in [1.807, 2.05) is 6.92 Å². The van der Waals surface area contributed by atoms with Gasteiger partial charge in [-0.1, -0.05) is 32.4 Å². The van der Waals surface area contributed by atoms with E-state index in [0.717, 1.165) is 30.6 Å². The van der Waals surface area contributed by atoms with Crippen molar-refractivity contribution in [2.45, 2.75) is 45.8 Å². The molecule has 0 fully saturated rings. The third-order valence-electron chi connectivity index (χ3n) is 3.88. The molecule has 1 heterocycles. The molecule has 0 saturated heterocycles. The van der Waals surface area contributed by atoms with Crippen molar-refractivity contribution >= 4 is 10.9 Å². The van der Waals surface area contributed by atoms with Crippen LogP contribution in [0.4, 0.5) is 0 Å². The molecule has 21 heavy (non-hydrogen) atoms. The molecule has 0 aliphatic carbocycles. The summed E-state index contributed by atoms with van der Waals surface area (Å²) in [6.45, 7) is 7.29. The Morgan fingerprint density at radius 3 is 2.67 bits per heavy atom. The predicted octanol–water partition coefficient (Wildman–Crippen LogP) is 4.01. The molecule has 0 amide bonds. The van der Waals surface area contributed by atoms with Crippen LogP contribution < -0.4 is 5.32 Å². The number of nitrogens with one attached hydrogen (secondary N) is 1. The second-order valence-electron chi connectivity index (χ2n) is 5.50. The van der Waals surface area contributed by atoms with Crippen LogP contribution in [0.3, 0.4) is 0 Å². The Bertz CT molecular complexity index is 582. The summed E-state index contributed by atoms with van der Waals surface area (Å²) in [7, 11) is 1.80. The quantitative estimate of drug-likeness (QED) is 0.835. The maximum atomic E-state index is 5.71. The van der Waals surface area contributed by atoms with Crippen LogP contribution in [0, 0.1) is 6.92 Å². The zero-order valence-electron chi connectivity index (χ0n) is 13.5. The fourth-order valence-electron chi connectivity index (χ4n) is 2.83. The standard InChI is InChI=1S/C18H26N2O/c1-5-7-17(21-4)18(19-6-2)15-10-11-16-14(12-15)9-8-13(3)20-16/h8-12,17-19H,5-7H2,1-4H3. The second kappa shape index (κ2) is 7.53. The summed E-state index contributed by atoms with van der Waals surface area (Å²) >= 11 is 0. The molecular weight excluding hydrogens is 260 g/mol. The lowest BCUT2D eigenvalue weighted by atomic mass is 9.96. The van der Waals surface area contributed by atoms with Crippen LogP contribution in [0.15, 0.2) is 30.3 Å². The van der Waals surface area contributed by atoms with E-state index in [4.69, 9.17) is 4.74 Å². The Morgan fingerprint density at radius 1 is 1.19 bits per heavy atom. The summed E-state index contributed by atoms with van der Waals surface area (Å²) in [5.41, 5.74) is 3.38. The van der Waals surface area contributed by atoms with Crippen LogP contribution in [0.2, 0.25) is 0 Å². The van der Waals surface area contributed by atoms with Gasteiger partial charge in [-0.25, -0.2) is 0 Å². The summed E-state index contributed by atoms with van der Waals surface area (Å²) in [5.74, 6) is 0. The first-order valence-electron chi connectivity index (χ1n) is 7.83. The van der Waals surface area contributed by atoms with Gasteiger partial charge in [0.25, 0.3) is 0 Å². The molecule has 2 atom stereocenters. The number of nitrogens with zero attached hydrogens (tertiary/aromatic N) is 1. The third kappa shape index (κ3) is 3.80. The number of hydrogen-bond donors (Lipinski definition) is 1. The van der Waals surface area contributed by atoms with Crippen molar-refractivity contribution in [3.05, 3.63) is 41.6 Å². The molecule has 3 heteroatoms. The van der Waals surface area contributed by atoms with Crippen molar-refractivity contribution < 1.29 is 4.74 Å². The summed E-state index contributed by atoms with van der Waals surface area (Å²) < 4.78 is 5.71. The van der Waals surface area contributed by atoms with Crippen molar-refractivity contribution in [3.63, 3.8) is 0 Å². The molecule has 1 aromatic carbocycles. The van der Waals surface area contributed by atoms with Gasteiger partial charge in [-0.2, -0.15) is 0 Å². The largest absolute Gasteiger partial charge is 0.379 e. The van der Waals surface area contributed by atoms with Gasteiger partial charge in [-0.3, -0.25) is 4.98 Å². The average Bonchev–Trinajstić information content (AvgIpc) is 2.50. The number of rotatable bonds is 7. The van der Waals surface area contributed by atoms with Crippen molar-refractivity contribution in [3.8, 4) is 0 Å². The molecular formula is C18H26N2O. The minimum Gasteiger partial charge on any atom is -0.379 e. The van der Waals surface area contributed by atoms with E-state index in [0.29, 0.717) is 0 Å². The Hall–Kier alpha value is -1.45. The number of aromatic nitrogens is 1. The van der Waals surface area contributed by atoms with Crippen molar-refractivity contribution in [1.29, 1.82) is 0 Å². The van der Waals surface area contributed by atoms with Crippen LogP contribution in [-0.4, -0.2) is 24.7 Å². The van der Waals surface area contributed by atoms with Crippen LogP contribution >= 0.6 is 0 Å². The number of ether oxygens (including phenoxy) is 1. The lowest BCUT2D eigenvalue weighted by molar-refractivity contribution is 0.0611. The van der Waals surface area contributed by atoms with E-state index in [2.05, 4.69) is 54.5 Å². The molecule has 0 aliphatic heterocycles. The summed E-state index contributed by atoms with van der Waals surface area (Å²) in [6.07, 6.45) is 2.37. The number of benzene rings is 1. The van der Waals surface area contributed by atoms with Crippen LogP contribution in [0.25, 0.3) is 10.9 Å². The van der Waals surface area contributed by atoms with Gasteiger partial charge in [0, 0.05) is 18.2 Å². The topological polar surface area (TPSA) is 34.1 Å². The van der Waals surface area contributed by atoms with Gasteiger partial charge >= 0.3 is 0 Å². The van der Waals surface area contributed by atoms with Crippen LogP contribution in [-0.2, 0) is 4.74 Å². The highest BCUT2D eigenvalue weighted by atomic mass is 16.5. The first kappa shape index (κ1) is 15.9. The highest BCUT2D eigenvalue weighted by Gasteiger charge is 2.21. The van der Waals surface area contributed by atoms with Gasteiger partial charge in [-0.05, 0) is 43.7 Å². The third-order valence-corrected chi connectivity index (χ3v) is 3.88. The van der Waals surface area contributed by atoms with E-state index in [9.17, 15) is 0 Å². The SMILES string of the molecule is CCCC(OC)C(NCC)c1ccc2nc(C)ccc2c1. The smallest absolute Gasteiger partial charge is 0.0765 e. The van der Waals surface area contributed by atoms with E-state index >= 15 is 0 Å². The van der Waals surface area contributed by atoms with Crippen molar-refractivity contribution in [1.82, 2.24) is 10.3 Å². The molecule has 114 valence electrons. The van der Waals surface area contributed by atoms with Crippen LogP contribution in [0.5, 0.6) is 0 Å². The molecule has 0 saturated carbocycles. The number of hydrogen-bond acceptors (Lipinski definition) is 3. The maximum Gasteiger partial charge on any atom is 0.0765 e. The minimum atomic E-state index is 0.200. The Balaban J connectivity index is 2.37. The fraction of sp³-hybridized carbons (Fsp3) is 0.500. The Morgan fingerprint density at radius 2 is 2.00 bits per heavy atom. The zero-order valence-corrected chi connectivity index (χ0v) is 13.5. The highest BCUT2D eigenvalue weighted by Crippen LogP contribution is 2.25. The van der Waals surface area contributed by atoms with E-state index < -0.39 is 0 Å². The van der Waals surface area contributed by atoms with E-state index in [1.165, 1.54) is 10.9 Å². The monoisotopic (exact) mass is 286 g/mol. The summed E-state index contributed by atoms with van der Waals surface area (Å²) in [4.78, 5) is 4.57. The fourth-order valence-corrected chi connectivity index (χ4v) is 2.83. The Labute approximate surface area is 127 Å². The minimum absolute atomic E-state index is 0.200. The molecule has 2 aromatic rings. The molecule has 0 radical (unpaired) electrons. The molecule has 0 aliphatic rings. The lowest BCUT2D eigenvalue weighted by Crippen LogP contribution is -2.33. The molecule has 0 spiro atoms. The number of methoxy groups -OCH3 is 1. The first-order valence-corrected chi connectivity index (χ1v) is 7.83. The van der Waals surface area contributed by atoms with Crippen LogP contribution in [0.1, 0.15) is 44.0 Å². The van der Waals surface area contributed by atoms with E-state index in [-0.39, 0.29) is 12.1 Å². The lowest BCUT2D eigenvalue weighted by Gasteiger charge is -2.27. The second-order valence-corrected chi connectivity index (χ2v) is 5.50. The van der Waals surface area contributed by atoms with Gasteiger partial charge in [0.2, 0.25) is 0 Å².